The maximum Gasteiger partial charge on any atom is 0.261 e. The van der Waals surface area contributed by atoms with E-state index in [0.717, 1.165) is 12.1 Å². The van der Waals surface area contributed by atoms with Crippen molar-refractivity contribution in [3.05, 3.63) is 89.7 Å². The molecule has 2 amide bonds. The van der Waals surface area contributed by atoms with Crippen LogP contribution in [0.25, 0.3) is 0 Å². The Hall–Kier alpha value is -3.72. The lowest BCUT2D eigenvalue weighted by atomic mass is 9.96. The summed E-state index contributed by atoms with van der Waals surface area (Å²) in [6.45, 7) is 2.47. The number of para-hydroxylation sites is 1. The van der Waals surface area contributed by atoms with Crippen LogP contribution in [0.4, 0.5) is 15.8 Å². The zero-order chi connectivity index (χ0) is 25.0. The Bertz CT molecular complexity index is 1330. The van der Waals surface area contributed by atoms with E-state index in [4.69, 9.17) is 0 Å². The average Bonchev–Trinajstić information content (AvgIpc) is 2.86. The van der Waals surface area contributed by atoms with Crippen LogP contribution in [-0.2, 0) is 14.8 Å². The molecule has 0 bridgehead atoms. The number of nitrogens with zero attached hydrogens (tertiary/aromatic N) is 1. The zero-order valence-corrected chi connectivity index (χ0v) is 20.0. The highest BCUT2D eigenvalue weighted by molar-refractivity contribution is 7.92. The summed E-state index contributed by atoms with van der Waals surface area (Å²) in [5.74, 6) is -1.31. The molecule has 1 atom stereocenters. The predicted molar refractivity (Wildman–Crippen MR) is 132 cm³/mol. The Balaban J connectivity index is 1.50. The molecule has 1 heterocycles. The van der Waals surface area contributed by atoms with Gasteiger partial charge in [-0.15, -0.1) is 0 Å². The number of amides is 2. The number of benzene rings is 3. The second kappa shape index (κ2) is 10.3. The highest BCUT2D eigenvalue weighted by atomic mass is 32.2. The third kappa shape index (κ3) is 5.86. The minimum absolute atomic E-state index is 0.0776. The van der Waals surface area contributed by atoms with Crippen molar-refractivity contribution >= 4 is 33.2 Å². The van der Waals surface area contributed by atoms with E-state index in [1.165, 1.54) is 24.3 Å². The number of aryl methyl sites for hydroxylation is 1. The molecule has 0 spiro atoms. The molecule has 4 rings (SSSR count). The van der Waals surface area contributed by atoms with Gasteiger partial charge in [0.1, 0.15) is 5.82 Å². The Labute approximate surface area is 204 Å². The molecule has 7 nitrogen and oxygen atoms in total. The van der Waals surface area contributed by atoms with Gasteiger partial charge in [-0.1, -0.05) is 24.3 Å². The molecule has 2 N–H and O–H groups in total. The SMILES string of the molecule is Cc1ccc(S(=O)(=O)Nc2ccc(F)cc2)cc1C(=O)N1CCCC(C(=O)Nc2ccccc2)C1. The van der Waals surface area contributed by atoms with Crippen LogP contribution in [0.15, 0.2) is 77.7 Å². The van der Waals surface area contributed by atoms with Gasteiger partial charge < -0.3 is 10.2 Å². The Morgan fingerprint density at radius 1 is 0.971 bits per heavy atom. The van der Waals surface area contributed by atoms with Crippen LogP contribution in [0.1, 0.15) is 28.8 Å². The quantitative estimate of drug-likeness (QED) is 0.529. The first-order chi connectivity index (χ1) is 16.7. The lowest BCUT2D eigenvalue weighted by molar-refractivity contribution is -0.121. The van der Waals surface area contributed by atoms with Gasteiger partial charge in [0.15, 0.2) is 0 Å². The van der Waals surface area contributed by atoms with Crippen molar-refractivity contribution < 1.29 is 22.4 Å². The largest absolute Gasteiger partial charge is 0.338 e. The number of anilines is 2. The molecule has 1 saturated heterocycles. The van der Waals surface area contributed by atoms with E-state index in [1.54, 1.807) is 30.0 Å². The van der Waals surface area contributed by atoms with Gasteiger partial charge in [-0.2, -0.15) is 0 Å². The molecule has 9 heteroatoms. The standard InChI is InChI=1S/C26H26FN3O4S/c1-18-9-14-23(35(33,34)29-22-12-10-20(27)11-13-22)16-24(18)26(32)30-15-5-6-19(17-30)25(31)28-21-7-3-2-4-8-21/h2-4,7-14,16,19,29H,5-6,15,17H2,1H3,(H,28,31). The summed E-state index contributed by atoms with van der Waals surface area (Å²) >= 11 is 0. The molecule has 1 aliphatic rings. The Morgan fingerprint density at radius 3 is 2.40 bits per heavy atom. The van der Waals surface area contributed by atoms with Crippen LogP contribution >= 0.6 is 0 Å². The Morgan fingerprint density at radius 2 is 1.69 bits per heavy atom. The summed E-state index contributed by atoms with van der Waals surface area (Å²) in [7, 11) is -4.00. The molecule has 182 valence electrons. The summed E-state index contributed by atoms with van der Waals surface area (Å²) in [4.78, 5) is 27.6. The molecule has 3 aromatic rings. The summed E-state index contributed by atoms with van der Waals surface area (Å²) in [5, 5.41) is 2.89. The molecular formula is C26H26FN3O4S. The van der Waals surface area contributed by atoms with E-state index in [0.29, 0.717) is 30.6 Å². The molecule has 0 aromatic heterocycles. The summed E-state index contributed by atoms with van der Waals surface area (Å²) in [6.07, 6.45) is 1.33. The van der Waals surface area contributed by atoms with Crippen molar-refractivity contribution in [3.63, 3.8) is 0 Å². The maximum absolute atomic E-state index is 13.4. The first-order valence-corrected chi connectivity index (χ1v) is 12.8. The maximum atomic E-state index is 13.4. The number of likely N-dealkylation sites (tertiary alicyclic amines) is 1. The molecule has 1 unspecified atom stereocenters. The predicted octanol–water partition coefficient (Wildman–Crippen LogP) is 4.43. The van der Waals surface area contributed by atoms with Gasteiger partial charge in [-0.05, 0) is 73.9 Å². The van der Waals surface area contributed by atoms with E-state index in [2.05, 4.69) is 10.0 Å². The van der Waals surface area contributed by atoms with Crippen LogP contribution in [0.3, 0.4) is 0 Å². The number of hydrogen-bond donors (Lipinski definition) is 2. The molecule has 3 aromatic carbocycles. The van der Waals surface area contributed by atoms with E-state index in [1.807, 2.05) is 18.2 Å². The second-order valence-electron chi connectivity index (χ2n) is 8.53. The summed E-state index contributed by atoms with van der Waals surface area (Å²) < 4.78 is 41.3. The van der Waals surface area contributed by atoms with Crippen molar-refractivity contribution in [2.24, 2.45) is 5.92 Å². The first-order valence-electron chi connectivity index (χ1n) is 11.3. The number of carbonyl (C=O) groups is 2. The lowest BCUT2D eigenvalue weighted by Crippen LogP contribution is -2.44. The van der Waals surface area contributed by atoms with Crippen LogP contribution in [0.2, 0.25) is 0 Å². The third-order valence-corrected chi connectivity index (χ3v) is 7.35. The molecule has 1 fully saturated rings. The fraction of sp³-hybridized carbons (Fsp3) is 0.231. The summed E-state index contributed by atoms with van der Waals surface area (Å²) in [6, 6.07) is 18.4. The van der Waals surface area contributed by atoms with Crippen molar-refractivity contribution in [3.8, 4) is 0 Å². The molecule has 35 heavy (non-hydrogen) atoms. The van der Waals surface area contributed by atoms with Crippen LogP contribution in [0, 0.1) is 18.7 Å². The molecule has 0 saturated carbocycles. The number of nitrogens with one attached hydrogen (secondary N) is 2. The normalized spacial score (nSPS) is 15.9. The van der Waals surface area contributed by atoms with Gasteiger partial charge >= 0.3 is 0 Å². The van der Waals surface area contributed by atoms with Gasteiger partial charge in [0, 0.05) is 30.0 Å². The monoisotopic (exact) mass is 495 g/mol. The minimum atomic E-state index is -4.00. The van der Waals surface area contributed by atoms with Gasteiger partial charge in [-0.3, -0.25) is 14.3 Å². The Kier molecular flexibility index (Phi) is 7.16. The van der Waals surface area contributed by atoms with E-state index < -0.39 is 15.8 Å². The molecular weight excluding hydrogens is 469 g/mol. The van der Waals surface area contributed by atoms with E-state index in [9.17, 15) is 22.4 Å². The number of hydrogen-bond acceptors (Lipinski definition) is 4. The van der Waals surface area contributed by atoms with E-state index in [-0.39, 0.29) is 40.4 Å². The van der Waals surface area contributed by atoms with Crippen LogP contribution < -0.4 is 10.0 Å². The fourth-order valence-corrected chi connectivity index (χ4v) is 5.13. The topological polar surface area (TPSA) is 95.6 Å². The number of halogens is 1. The first kappa shape index (κ1) is 24.4. The number of piperidine rings is 1. The molecule has 0 radical (unpaired) electrons. The van der Waals surface area contributed by atoms with Gasteiger partial charge in [0.2, 0.25) is 5.91 Å². The molecule has 1 aliphatic heterocycles. The zero-order valence-electron chi connectivity index (χ0n) is 19.2. The second-order valence-corrected chi connectivity index (χ2v) is 10.2. The molecule has 0 aliphatic carbocycles. The van der Waals surface area contributed by atoms with Crippen molar-refractivity contribution in [2.75, 3.05) is 23.1 Å². The smallest absolute Gasteiger partial charge is 0.261 e. The number of rotatable bonds is 6. The van der Waals surface area contributed by atoms with Gasteiger partial charge in [0.05, 0.1) is 10.8 Å². The lowest BCUT2D eigenvalue weighted by Gasteiger charge is -2.32. The third-order valence-electron chi connectivity index (χ3n) is 5.97. The van der Waals surface area contributed by atoms with E-state index >= 15 is 0 Å². The average molecular weight is 496 g/mol. The van der Waals surface area contributed by atoms with Crippen molar-refractivity contribution in [1.82, 2.24) is 4.90 Å². The van der Waals surface area contributed by atoms with Crippen molar-refractivity contribution in [2.45, 2.75) is 24.7 Å². The highest BCUT2D eigenvalue weighted by Crippen LogP contribution is 2.24. The number of sulfonamides is 1. The number of carbonyl (C=O) groups excluding carboxylic acids is 2. The van der Waals surface area contributed by atoms with Crippen molar-refractivity contribution in [1.29, 1.82) is 0 Å². The highest BCUT2D eigenvalue weighted by Gasteiger charge is 2.30. The van der Waals surface area contributed by atoms with Crippen LogP contribution in [0.5, 0.6) is 0 Å². The van der Waals surface area contributed by atoms with Gasteiger partial charge in [0.25, 0.3) is 15.9 Å². The summed E-state index contributed by atoms with van der Waals surface area (Å²) in [5.41, 5.74) is 1.80. The van der Waals surface area contributed by atoms with Crippen LogP contribution in [-0.4, -0.2) is 38.2 Å². The fourth-order valence-electron chi connectivity index (χ4n) is 4.04. The van der Waals surface area contributed by atoms with Gasteiger partial charge in [-0.25, -0.2) is 12.8 Å². The minimum Gasteiger partial charge on any atom is -0.338 e.